The molecule has 138 valence electrons. The molecule has 0 aliphatic heterocycles. The van der Waals surface area contributed by atoms with E-state index in [1.54, 1.807) is 0 Å². The van der Waals surface area contributed by atoms with Gasteiger partial charge in [0.05, 0.1) is 13.8 Å². The van der Waals surface area contributed by atoms with Crippen molar-refractivity contribution in [3.05, 3.63) is 29.2 Å². The van der Waals surface area contributed by atoms with Crippen molar-refractivity contribution in [2.75, 3.05) is 21.3 Å². The molecule has 0 aliphatic carbocycles. The normalized spacial score (nSPS) is 10.6. The minimum atomic E-state index is -6.00. The largest absolute Gasteiger partial charge is 0.673 e. The lowest BCUT2D eigenvalue weighted by Crippen LogP contribution is -2.02. The first-order valence-corrected chi connectivity index (χ1v) is 6.03. The Kier molecular flexibility index (Phi) is 14.0. The summed E-state index contributed by atoms with van der Waals surface area (Å²) < 4.78 is 85.8. The Balaban J connectivity index is -0.000000249. The third-order valence-electron chi connectivity index (χ3n) is 1.18. The molecule has 0 atom stereocenters. The fourth-order valence-corrected chi connectivity index (χ4v) is 0.996. The minimum Gasteiger partial charge on any atom is -0.429 e. The smallest absolute Gasteiger partial charge is 0.429 e. The lowest BCUT2D eigenvalue weighted by atomic mass is 10.2. The van der Waals surface area contributed by atoms with E-state index in [0.29, 0.717) is 0 Å². The van der Waals surface area contributed by atoms with Gasteiger partial charge in [-0.2, -0.15) is 0 Å². The zero-order chi connectivity index (χ0) is 19.4. The number of hydrogen-bond donors (Lipinski definition) is 0. The summed E-state index contributed by atoms with van der Waals surface area (Å²) in [7, 11) is -6.25. The van der Waals surface area contributed by atoms with Crippen LogP contribution in [0.3, 0.4) is 0 Å². The second-order valence-electron chi connectivity index (χ2n) is 4.57. The third-order valence-corrected chi connectivity index (χ3v) is 1.18. The van der Waals surface area contributed by atoms with Gasteiger partial charge >= 0.3 is 26.0 Å². The molecule has 0 amide bonds. The van der Waals surface area contributed by atoms with E-state index in [9.17, 15) is 34.5 Å². The molecule has 0 saturated heterocycles. The molecule has 0 aromatic carbocycles. The Hall–Kier alpha value is -1.32. The average molecular weight is 358 g/mol. The van der Waals surface area contributed by atoms with Crippen molar-refractivity contribution in [2.24, 2.45) is 0 Å². The van der Waals surface area contributed by atoms with Gasteiger partial charge < -0.3 is 38.9 Å². The molecule has 0 bridgehead atoms. The van der Waals surface area contributed by atoms with Crippen LogP contribution in [0.2, 0.25) is 0 Å². The standard InChI is InChI=1S/C8H11O.C3H9O.2BF4/c1-6-4-7(2)9-8(3)5-6;1-4(2)3;2*2-1(3,4)5/h4-5H,1-3H3;1-3H3;;/q2*+1;2*-1. The van der Waals surface area contributed by atoms with Gasteiger partial charge in [0.2, 0.25) is 0 Å². The van der Waals surface area contributed by atoms with Gasteiger partial charge in [-0.3, -0.25) is 0 Å². The summed E-state index contributed by atoms with van der Waals surface area (Å²) in [4.78, 5) is 0. The Bertz CT molecular complexity index is 344. The van der Waals surface area contributed by atoms with Crippen LogP contribution in [0.25, 0.3) is 0 Å². The van der Waals surface area contributed by atoms with E-state index < -0.39 is 14.5 Å². The topological polar surface area (TPSA) is 14.0 Å². The molecular formula is C11H20B2F8O2. The second-order valence-corrected chi connectivity index (χ2v) is 4.57. The summed E-state index contributed by atoms with van der Waals surface area (Å²) in [5.74, 6) is 1.96. The van der Waals surface area contributed by atoms with Crippen LogP contribution in [0.15, 0.2) is 16.5 Å². The van der Waals surface area contributed by atoms with Crippen molar-refractivity contribution in [3.8, 4) is 0 Å². The average Bonchev–Trinajstić information content (AvgIpc) is 2.06. The van der Waals surface area contributed by atoms with E-state index >= 15 is 0 Å². The van der Waals surface area contributed by atoms with Gasteiger partial charge in [-0.25, -0.2) is 4.42 Å². The molecule has 1 aromatic rings. The highest BCUT2D eigenvalue weighted by molar-refractivity contribution is 6.50. The summed E-state index contributed by atoms with van der Waals surface area (Å²) in [5.41, 5.74) is 1.26. The molecule has 2 nitrogen and oxygen atoms in total. The molecule has 1 rings (SSSR count). The summed E-state index contributed by atoms with van der Waals surface area (Å²) >= 11 is 0. The van der Waals surface area contributed by atoms with E-state index in [-0.39, 0.29) is 0 Å². The molecule has 0 aliphatic rings. The van der Waals surface area contributed by atoms with Gasteiger partial charge in [0.15, 0.2) is 0 Å². The summed E-state index contributed by atoms with van der Waals surface area (Å²) in [5, 5.41) is 0. The van der Waals surface area contributed by atoms with Crippen LogP contribution in [-0.4, -0.2) is 35.8 Å². The van der Waals surface area contributed by atoms with Crippen molar-refractivity contribution in [1.29, 1.82) is 0 Å². The summed E-state index contributed by atoms with van der Waals surface area (Å²) in [6.45, 7) is 5.98. The zero-order valence-corrected chi connectivity index (χ0v) is 13.6. The Morgan fingerprint density at radius 2 is 0.870 bits per heavy atom. The van der Waals surface area contributed by atoms with Crippen molar-refractivity contribution in [1.82, 2.24) is 0 Å². The van der Waals surface area contributed by atoms with Gasteiger partial charge in [0, 0.05) is 12.1 Å². The first-order chi connectivity index (χ1) is 9.91. The number of hydrogen-bond acceptors (Lipinski definition) is 0. The first-order valence-electron chi connectivity index (χ1n) is 6.03. The maximum atomic E-state index is 9.75. The fraction of sp³-hybridized carbons (Fsp3) is 0.545. The fourth-order valence-electron chi connectivity index (χ4n) is 0.996. The molecule has 0 N–H and O–H groups in total. The van der Waals surface area contributed by atoms with Crippen molar-refractivity contribution in [3.63, 3.8) is 0 Å². The SMILES string of the molecule is C[O+](C)C.Cc1cc(C)[o+]c(C)c1.F[B-](F)(F)F.F[B-](F)(F)F. The monoisotopic (exact) mass is 358 g/mol. The maximum absolute atomic E-state index is 9.75. The van der Waals surface area contributed by atoms with Gasteiger partial charge in [0.1, 0.15) is 21.3 Å². The van der Waals surface area contributed by atoms with Crippen molar-refractivity contribution >= 4 is 14.5 Å². The van der Waals surface area contributed by atoms with Gasteiger partial charge in [-0.15, -0.1) is 0 Å². The van der Waals surface area contributed by atoms with E-state index in [4.69, 9.17) is 4.42 Å². The third kappa shape index (κ3) is 63.3. The van der Waals surface area contributed by atoms with E-state index in [2.05, 4.69) is 11.3 Å². The van der Waals surface area contributed by atoms with Crippen LogP contribution in [0, 0.1) is 20.8 Å². The number of aryl methyl sites for hydroxylation is 3. The highest BCUT2D eigenvalue weighted by Gasteiger charge is 2.21. The van der Waals surface area contributed by atoms with Gasteiger partial charge in [0.25, 0.3) is 0 Å². The summed E-state index contributed by atoms with van der Waals surface area (Å²) in [6, 6.07) is 4.04. The lowest BCUT2D eigenvalue weighted by molar-refractivity contribution is -0.00282. The number of rotatable bonds is 0. The molecule has 0 spiro atoms. The highest BCUT2D eigenvalue weighted by Crippen LogP contribution is 2.07. The lowest BCUT2D eigenvalue weighted by Gasteiger charge is -1.94. The van der Waals surface area contributed by atoms with Gasteiger partial charge in [-0.1, -0.05) is 0 Å². The molecule has 1 aromatic heterocycles. The van der Waals surface area contributed by atoms with Crippen LogP contribution in [-0.2, 0) is 4.37 Å². The second kappa shape index (κ2) is 12.1. The van der Waals surface area contributed by atoms with E-state index in [0.717, 1.165) is 11.5 Å². The molecule has 0 unspecified atom stereocenters. The van der Waals surface area contributed by atoms with Crippen LogP contribution in [0.1, 0.15) is 17.1 Å². The Morgan fingerprint density at radius 3 is 1.00 bits per heavy atom. The molecule has 0 saturated carbocycles. The Labute approximate surface area is 130 Å². The predicted octanol–water partition coefficient (Wildman–Crippen LogP) is 5.51. The van der Waals surface area contributed by atoms with Crippen LogP contribution < -0.4 is 0 Å². The molecule has 0 radical (unpaired) electrons. The van der Waals surface area contributed by atoms with Crippen molar-refractivity contribution < 1.29 is 43.3 Å². The maximum Gasteiger partial charge on any atom is 0.673 e. The predicted molar refractivity (Wildman–Crippen MR) is 76.6 cm³/mol. The zero-order valence-electron chi connectivity index (χ0n) is 13.6. The van der Waals surface area contributed by atoms with Crippen LogP contribution in [0.4, 0.5) is 34.5 Å². The molecule has 23 heavy (non-hydrogen) atoms. The van der Waals surface area contributed by atoms with E-state index in [1.165, 1.54) is 5.56 Å². The minimum absolute atomic E-state index is 0.979. The molecule has 1 heterocycles. The first kappa shape index (κ1) is 26.6. The quantitative estimate of drug-likeness (QED) is 0.339. The number of halogens is 8. The molecule has 0 fully saturated rings. The highest BCUT2D eigenvalue weighted by atomic mass is 19.5. The van der Waals surface area contributed by atoms with Crippen molar-refractivity contribution in [2.45, 2.75) is 20.8 Å². The van der Waals surface area contributed by atoms with Gasteiger partial charge in [-0.05, 0) is 12.5 Å². The van der Waals surface area contributed by atoms with Crippen LogP contribution in [0.5, 0.6) is 0 Å². The van der Waals surface area contributed by atoms with Crippen LogP contribution >= 0.6 is 0 Å². The summed E-state index contributed by atoms with van der Waals surface area (Å²) in [6.07, 6.45) is 0. The van der Waals surface area contributed by atoms with E-state index in [1.807, 2.05) is 47.3 Å². The Morgan fingerprint density at radius 1 is 0.696 bits per heavy atom. The molecule has 12 heteroatoms. The molecular weight excluding hydrogens is 338 g/mol.